The molecule has 6 aromatic carbocycles. The Morgan fingerprint density at radius 3 is 1.68 bits per heavy atom. The van der Waals surface area contributed by atoms with Gasteiger partial charge >= 0.3 is 0 Å². The number of hydrogen-bond donors (Lipinski definition) is 0. The van der Waals surface area contributed by atoms with Gasteiger partial charge in [-0.15, -0.1) is 0 Å². The summed E-state index contributed by atoms with van der Waals surface area (Å²) in [5, 5.41) is 7.64. The topological polar surface area (TPSA) is 15.6 Å². The van der Waals surface area contributed by atoms with Crippen LogP contribution < -0.4 is 4.90 Å². The van der Waals surface area contributed by atoms with Gasteiger partial charge in [-0.05, 0) is 101 Å². The lowest BCUT2D eigenvalue weighted by Gasteiger charge is -2.41. The molecule has 0 N–H and O–H groups in total. The minimum atomic E-state index is -0.174. The standard InChI is InChI=1S/C38H34N2/c1-25-39-37(2,3)38(4,5)40(25)28-17-12-16-27(24-28)35-31-19-8-10-21-33(31)36(34-22-11-9-20-32(34)35)30-23-13-15-26-14-6-7-18-29(26)30/h6-24H,1-5H3. The van der Waals surface area contributed by atoms with E-state index in [1.807, 2.05) is 0 Å². The zero-order valence-corrected chi connectivity index (χ0v) is 23.9. The van der Waals surface area contributed by atoms with Gasteiger partial charge in [-0.3, -0.25) is 4.99 Å². The van der Waals surface area contributed by atoms with Crippen molar-refractivity contribution in [3.05, 3.63) is 115 Å². The third-order valence-corrected chi connectivity index (χ3v) is 9.20. The van der Waals surface area contributed by atoms with Crippen LogP contribution in [0.5, 0.6) is 0 Å². The number of amidine groups is 1. The highest BCUT2D eigenvalue weighted by molar-refractivity contribution is 6.23. The number of nitrogens with zero attached hydrogens (tertiary/aromatic N) is 2. The fourth-order valence-corrected chi connectivity index (χ4v) is 6.75. The van der Waals surface area contributed by atoms with E-state index >= 15 is 0 Å². The van der Waals surface area contributed by atoms with Crippen molar-refractivity contribution in [1.29, 1.82) is 0 Å². The van der Waals surface area contributed by atoms with E-state index in [0.717, 1.165) is 5.84 Å². The maximum Gasteiger partial charge on any atom is 0.102 e. The van der Waals surface area contributed by atoms with Crippen LogP contribution in [0.1, 0.15) is 34.6 Å². The summed E-state index contributed by atoms with van der Waals surface area (Å²) in [4.78, 5) is 7.45. The number of benzene rings is 6. The zero-order chi connectivity index (χ0) is 27.6. The minimum Gasteiger partial charge on any atom is -0.322 e. The molecule has 0 spiro atoms. The van der Waals surface area contributed by atoms with Gasteiger partial charge in [0.25, 0.3) is 0 Å². The highest BCUT2D eigenvalue weighted by Crippen LogP contribution is 2.47. The number of aliphatic imine (C=N–C) groups is 1. The van der Waals surface area contributed by atoms with Gasteiger partial charge in [0.2, 0.25) is 0 Å². The summed E-state index contributed by atoms with van der Waals surface area (Å²) >= 11 is 0. The van der Waals surface area contributed by atoms with Gasteiger partial charge in [0.1, 0.15) is 5.84 Å². The van der Waals surface area contributed by atoms with Crippen LogP contribution in [0.3, 0.4) is 0 Å². The molecule has 2 nitrogen and oxygen atoms in total. The van der Waals surface area contributed by atoms with Crippen molar-refractivity contribution < 1.29 is 0 Å². The highest BCUT2D eigenvalue weighted by Gasteiger charge is 2.48. The Labute approximate surface area is 236 Å². The van der Waals surface area contributed by atoms with Crippen LogP contribution in [-0.2, 0) is 0 Å². The molecule has 0 fully saturated rings. The SMILES string of the molecule is CC1=NC(C)(C)C(C)(C)N1c1cccc(-c2c3ccccc3c(-c3cccc4ccccc34)c3ccccc23)c1. The smallest absolute Gasteiger partial charge is 0.102 e. The summed E-state index contributed by atoms with van der Waals surface area (Å²) < 4.78 is 0. The van der Waals surface area contributed by atoms with Crippen LogP contribution in [0.2, 0.25) is 0 Å². The zero-order valence-electron chi connectivity index (χ0n) is 23.9. The normalized spacial score (nSPS) is 16.1. The fraction of sp³-hybridized carbons (Fsp3) is 0.184. The average molecular weight is 519 g/mol. The van der Waals surface area contributed by atoms with Crippen molar-refractivity contribution in [3.63, 3.8) is 0 Å². The molecule has 1 aliphatic rings. The third kappa shape index (κ3) is 3.52. The van der Waals surface area contributed by atoms with E-state index in [1.165, 1.54) is 60.3 Å². The molecule has 196 valence electrons. The molecule has 40 heavy (non-hydrogen) atoms. The Morgan fingerprint density at radius 2 is 1.07 bits per heavy atom. The van der Waals surface area contributed by atoms with Gasteiger partial charge < -0.3 is 4.90 Å². The molecule has 0 saturated heterocycles. The van der Waals surface area contributed by atoms with Gasteiger partial charge in [-0.25, -0.2) is 0 Å². The summed E-state index contributed by atoms with van der Waals surface area (Å²) in [5.74, 6) is 1.06. The first-order chi connectivity index (χ1) is 19.3. The van der Waals surface area contributed by atoms with E-state index in [1.54, 1.807) is 0 Å². The molecule has 0 radical (unpaired) electrons. The van der Waals surface area contributed by atoms with Crippen LogP contribution >= 0.6 is 0 Å². The minimum absolute atomic E-state index is 0.141. The lowest BCUT2D eigenvalue weighted by atomic mass is 9.82. The Kier molecular flexibility index (Phi) is 5.41. The summed E-state index contributed by atoms with van der Waals surface area (Å²) in [7, 11) is 0. The average Bonchev–Trinajstić information content (AvgIpc) is 3.12. The molecule has 0 bridgehead atoms. The summed E-state index contributed by atoms with van der Waals surface area (Å²) in [5.41, 5.74) is 5.95. The summed E-state index contributed by atoms with van der Waals surface area (Å²) in [6.45, 7) is 11.2. The molecule has 0 saturated carbocycles. The van der Waals surface area contributed by atoms with Crippen LogP contribution in [-0.4, -0.2) is 16.9 Å². The highest BCUT2D eigenvalue weighted by atomic mass is 15.3. The van der Waals surface area contributed by atoms with Crippen molar-refractivity contribution in [2.45, 2.75) is 45.7 Å². The fourth-order valence-electron chi connectivity index (χ4n) is 6.75. The van der Waals surface area contributed by atoms with Crippen molar-refractivity contribution in [3.8, 4) is 22.3 Å². The lowest BCUT2D eigenvalue weighted by Crippen LogP contribution is -2.53. The van der Waals surface area contributed by atoms with E-state index < -0.39 is 0 Å². The van der Waals surface area contributed by atoms with Crippen LogP contribution in [0.4, 0.5) is 5.69 Å². The second-order valence-corrected chi connectivity index (χ2v) is 12.0. The first kappa shape index (κ1) is 24.6. The van der Waals surface area contributed by atoms with Gasteiger partial charge in [0.15, 0.2) is 0 Å². The van der Waals surface area contributed by atoms with E-state index in [0.29, 0.717) is 0 Å². The van der Waals surface area contributed by atoms with Crippen LogP contribution in [0.15, 0.2) is 120 Å². The van der Waals surface area contributed by atoms with Crippen molar-refractivity contribution >= 4 is 43.8 Å². The van der Waals surface area contributed by atoms with Gasteiger partial charge in [0, 0.05) is 5.69 Å². The molecule has 1 aliphatic heterocycles. The van der Waals surface area contributed by atoms with E-state index in [9.17, 15) is 0 Å². The predicted molar refractivity (Wildman–Crippen MR) is 174 cm³/mol. The van der Waals surface area contributed by atoms with E-state index in [2.05, 4.69) is 155 Å². The first-order valence-corrected chi connectivity index (χ1v) is 14.2. The summed E-state index contributed by atoms with van der Waals surface area (Å²) in [6.07, 6.45) is 0. The predicted octanol–water partition coefficient (Wildman–Crippen LogP) is 10.3. The van der Waals surface area contributed by atoms with Crippen LogP contribution in [0, 0.1) is 0 Å². The Balaban J connectivity index is 1.53. The van der Waals surface area contributed by atoms with Gasteiger partial charge in [-0.1, -0.05) is 103 Å². The third-order valence-electron chi connectivity index (χ3n) is 9.20. The molecule has 0 atom stereocenters. The van der Waals surface area contributed by atoms with Crippen LogP contribution in [0.25, 0.3) is 54.6 Å². The molecule has 1 heterocycles. The van der Waals surface area contributed by atoms with Crippen molar-refractivity contribution in [1.82, 2.24) is 0 Å². The molecule has 6 aromatic rings. The number of fused-ring (bicyclic) bond motifs is 3. The van der Waals surface area contributed by atoms with E-state index in [-0.39, 0.29) is 11.1 Å². The monoisotopic (exact) mass is 518 g/mol. The molecule has 2 heteroatoms. The number of rotatable bonds is 3. The van der Waals surface area contributed by atoms with Crippen molar-refractivity contribution in [2.24, 2.45) is 4.99 Å². The Hall–Kier alpha value is -4.43. The molecule has 0 unspecified atom stereocenters. The number of anilines is 1. The molecular formula is C38H34N2. The van der Waals surface area contributed by atoms with Gasteiger partial charge in [-0.2, -0.15) is 0 Å². The number of hydrogen-bond acceptors (Lipinski definition) is 2. The second-order valence-electron chi connectivity index (χ2n) is 12.0. The quantitative estimate of drug-likeness (QED) is 0.213. The molecular weight excluding hydrogens is 484 g/mol. The van der Waals surface area contributed by atoms with Crippen molar-refractivity contribution in [2.75, 3.05) is 4.90 Å². The van der Waals surface area contributed by atoms with E-state index in [4.69, 9.17) is 4.99 Å². The second kappa shape index (κ2) is 8.79. The molecule has 0 aromatic heterocycles. The Bertz CT molecular complexity index is 1910. The maximum absolute atomic E-state index is 5.05. The van der Waals surface area contributed by atoms with Gasteiger partial charge in [0.05, 0.1) is 11.1 Å². The maximum atomic E-state index is 5.05. The Morgan fingerprint density at radius 1 is 0.550 bits per heavy atom. The summed E-state index contributed by atoms with van der Waals surface area (Å²) in [6, 6.07) is 42.2. The molecule has 0 amide bonds. The molecule has 7 rings (SSSR count). The first-order valence-electron chi connectivity index (χ1n) is 14.2. The molecule has 0 aliphatic carbocycles. The largest absolute Gasteiger partial charge is 0.322 e. The lowest BCUT2D eigenvalue weighted by molar-refractivity contribution is 0.338.